The molecule has 8 heteroatoms. The Morgan fingerprint density at radius 2 is 1.68 bits per heavy atom. The van der Waals surface area contributed by atoms with Crippen molar-refractivity contribution in [2.45, 2.75) is 12.4 Å². The van der Waals surface area contributed by atoms with E-state index in [2.05, 4.69) is 20.7 Å². The standard InChI is InChI=1S/C14H10BrClF3NO.ClH/c15-9-3-6-12(16)11(7-9)13(20)8-1-4-10(5-2-8)21-14(17,18)19;/h1-7,13H,20H2;1H/t13-;/m0./s1. The van der Waals surface area contributed by atoms with Crippen LogP contribution in [0.3, 0.4) is 0 Å². The molecule has 0 bridgehead atoms. The van der Waals surface area contributed by atoms with E-state index in [1.807, 2.05) is 0 Å². The summed E-state index contributed by atoms with van der Waals surface area (Å²) in [7, 11) is 0. The third kappa shape index (κ3) is 5.05. The van der Waals surface area contributed by atoms with Crippen LogP contribution in [-0.4, -0.2) is 6.36 Å². The predicted octanol–water partition coefficient (Wildman–Crippen LogP) is 5.47. The minimum absolute atomic E-state index is 0. The van der Waals surface area contributed by atoms with E-state index in [1.165, 1.54) is 24.3 Å². The third-order valence-electron chi connectivity index (χ3n) is 2.77. The molecular weight excluding hydrogens is 406 g/mol. The normalized spacial score (nSPS) is 12.5. The monoisotopic (exact) mass is 415 g/mol. The predicted molar refractivity (Wildman–Crippen MR) is 85.6 cm³/mol. The summed E-state index contributed by atoms with van der Waals surface area (Å²) in [5.41, 5.74) is 7.40. The molecule has 0 fully saturated rings. The fraction of sp³-hybridized carbons (Fsp3) is 0.143. The van der Waals surface area contributed by atoms with Gasteiger partial charge in [-0.3, -0.25) is 0 Å². The molecule has 0 saturated heterocycles. The summed E-state index contributed by atoms with van der Waals surface area (Å²) < 4.78 is 40.9. The van der Waals surface area contributed by atoms with E-state index in [0.717, 1.165) is 4.47 Å². The molecule has 2 aromatic rings. The molecule has 0 aliphatic rings. The molecule has 0 spiro atoms. The molecule has 0 aliphatic carbocycles. The van der Waals surface area contributed by atoms with E-state index in [4.69, 9.17) is 17.3 Å². The first-order valence-corrected chi connectivity index (χ1v) is 6.99. The van der Waals surface area contributed by atoms with Crippen molar-refractivity contribution in [1.82, 2.24) is 0 Å². The zero-order valence-electron chi connectivity index (χ0n) is 10.9. The van der Waals surface area contributed by atoms with Gasteiger partial charge >= 0.3 is 6.36 Å². The molecule has 0 heterocycles. The molecule has 0 saturated carbocycles. The maximum absolute atomic E-state index is 12.1. The van der Waals surface area contributed by atoms with Gasteiger partial charge in [-0.05, 0) is 41.5 Å². The van der Waals surface area contributed by atoms with Crippen LogP contribution in [0, 0.1) is 0 Å². The van der Waals surface area contributed by atoms with Gasteiger partial charge in [0.25, 0.3) is 0 Å². The average molecular weight is 417 g/mol. The molecule has 2 N–H and O–H groups in total. The number of halogens is 6. The second-order valence-corrected chi connectivity index (χ2v) is 5.58. The molecule has 0 unspecified atom stereocenters. The summed E-state index contributed by atoms with van der Waals surface area (Å²) in [6.45, 7) is 0. The van der Waals surface area contributed by atoms with Crippen molar-refractivity contribution in [3.05, 3.63) is 63.1 Å². The van der Waals surface area contributed by atoms with Gasteiger partial charge in [0.05, 0.1) is 6.04 Å². The lowest BCUT2D eigenvalue weighted by molar-refractivity contribution is -0.274. The van der Waals surface area contributed by atoms with Crippen LogP contribution in [0.2, 0.25) is 5.02 Å². The van der Waals surface area contributed by atoms with Crippen LogP contribution in [0.15, 0.2) is 46.9 Å². The second kappa shape index (κ2) is 7.55. The zero-order valence-corrected chi connectivity index (χ0v) is 14.1. The maximum Gasteiger partial charge on any atom is 0.573 e. The van der Waals surface area contributed by atoms with Gasteiger partial charge in [0.15, 0.2) is 0 Å². The van der Waals surface area contributed by atoms with Crippen LogP contribution in [0.5, 0.6) is 5.75 Å². The molecule has 0 radical (unpaired) electrons. The molecular formula is C14H11BrCl2F3NO. The Labute approximate surface area is 144 Å². The van der Waals surface area contributed by atoms with Crippen molar-refractivity contribution in [2.75, 3.05) is 0 Å². The van der Waals surface area contributed by atoms with E-state index in [9.17, 15) is 13.2 Å². The van der Waals surface area contributed by atoms with Crippen molar-refractivity contribution in [3.63, 3.8) is 0 Å². The van der Waals surface area contributed by atoms with E-state index in [1.54, 1.807) is 18.2 Å². The van der Waals surface area contributed by atoms with Gasteiger partial charge in [-0.25, -0.2) is 0 Å². The lowest BCUT2D eigenvalue weighted by atomic mass is 9.99. The Balaban J connectivity index is 0.00000242. The quantitative estimate of drug-likeness (QED) is 0.719. The summed E-state index contributed by atoms with van der Waals surface area (Å²) in [6, 6.07) is 10.1. The highest BCUT2D eigenvalue weighted by Gasteiger charge is 2.31. The first-order valence-electron chi connectivity index (χ1n) is 5.82. The summed E-state index contributed by atoms with van der Waals surface area (Å²) in [5, 5.41) is 0.487. The second-order valence-electron chi connectivity index (χ2n) is 4.26. The molecule has 1 atom stereocenters. The Kier molecular flexibility index (Phi) is 6.55. The minimum atomic E-state index is -4.71. The van der Waals surface area contributed by atoms with Gasteiger partial charge in [-0.1, -0.05) is 39.7 Å². The Bertz CT molecular complexity index is 635. The third-order valence-corrected chi connectivity index (χ3v) is 3.60. The SMILES string of the molecule is Cl.N[C@@H](c1ccc(OC(F)(F)F)cc1)c1cc(Br)ccc1Cl. The molecule has 22 heavy (non-hydrogen) atoms. The van der Waals surface area contributed by atoms with Crippen LogP contribution < -0.4 is 10.5 Å². The Hall–Kier alpha value is -0.950. The van der Waals surface area contributed by atoms with Crippen molar-refractivity contribution >= 4 is 39.9 Å². The van der Waals surface area contributed by atoms with Crippen LogP contribution >= 0.6 is 39.9 Å². The van der Waals surface area contributed by atoms with Crippen LogP contribution in [0.4, 0.5) is 13.2 Å². The molecule has 0 aromatic heterocycles. The fourth-order valence-electron chi connectivity index (χ4n) is 1.81. The minimum Gasteiger partial charge on any atom is -0.406 e. The first-order chi connectivity index (χ1) is 9.76. The van der Waals surface area contributed by atoms with Crippen molar-refractivity contribution in [3.8, 4) is 5.75 Å². The van der Waals surface area contributed by atoms with Crippen LogP contribution in [0.25, 0.3) is 0 Å². The summed E-state index contributed by atoms with van der Waals surface area (Å²) in [5.74, 6) is -0.293. The van der Waals surface area contributed by atoms with E-state index < -0.39 is 12.4 Å². The Morgan fingerprint density at radius 3 is 2.23 bits per heavy atom. The smallest absolute Gasteiger partial charge is 0.406 e. The number of ether oxygens (including phenoxy) is 1. The van der Waals surface area contributed by atoms with Gasteiger partial charge in [0, 0.05) is 9.50 Å². The highest BCUT2D eigenvalue weighted by atomic mass is 79.9. The maximum atomic E-state index is 12.1. The van der Waals surface area contributed by atoms with Crippen molar-refractivity contribution in [2.24, 2.45) is 5.73 Å². The van der Waals surface area contributed by atoms with Gasteiger partial charge in [0.2, 0.25) is 0 Å². The highest BCUT2D eigenvalue weighted by molar-refractivity contribution is 9.10. The van der Waals surface area contributed by atoms with E-state index >= 15 is 0 Å². The zero-order chi connectivity index (χ0) is 15.6. The molecule has 0 amide bonds. The van der Waals surface area contributed by atoms with Crippen molar-refractivity contribution in [1.29, 1.82) is 0 Å². The summed E-state index contributed by atoms with van der Waals surface area (Å²) >= 11 is 9.41. The fourth-order valence-corrected chi connectivity index (χ4v) is 2.42. The number of hydrogen-bond donors (Lipinski definition) is 1. The number of nitrogens with two attached hydrogens (primary N) is 1. The van der Waals surface area contributed by atoms with Gasteiger partial charge in [0.1, 0.15) is 5.75 Å². The lowest BCUT2D eigenvalue weighted by Crippen LogP contribution is -2.17. The molecule has 0 aliphatic heterocycles. The largest absolute Gasteiger partial charge is 0.573 e. The lowest BCUT2D eigenvalue weighted by Gasteiger charge is -2.15. The van der Waals surface area contributed by atoms with E-state index in [0.29, 0.717) is 16.1 Å². The number of benzene rings is 2. The molecule has 2 rings (SSSR count). The first kappa shape index (κ1) is 19.1. The highest BCUT2D eigenvalue weighted by Crippen LogP contribution is 2.30. The molecule has 120 valence electrons. The number of hydrogen-bond acceptors (Lipinski definition) is 2. The van der Waals surface area contributed by atoms with Crippen LogP contribution in [-0.2, 0) is 0 Å². The topological polar surface area (TPSA) is 35.2 Å². The molecule has 2 aromatic carbocycles. The van der Waals surface area contributed by atoms with Gasteiger partial charge in [-0.2, -0.15) is 0 Å². The van der Waals surface area contributed by atoms with Gasteiger partial charge in [-0.15, -0.1) is 25.6 Å². The van der Waals surface area contributed by atoms with Crippen molar-refractivity contribution < 1.29 is 17.9 Å². The number of rotatable bonds is 3. The number of alkyl halides is 3. The summed E-state index contributed by atoms with van der Waals surface area (Å²) in [6.07, 6.45) is -4.71. The van der Waals surface area contributed by atoms with E-state index in [-0.39, 0.29) is 18.2 Å². The van der Waals surface area contributed by atoms with Crippen LogP contribution in [0.1, 0.15) is 17.2 Å². The van der Waals surface area contributed by atoms with Gasteiger partial charge < -0.3 is 10.5 Å². The average Bonchev–Trinajstić information content (AvgIpc) is 2.40. The summed E-state index contributed by atoms with van der Waals surface area (Å²) in [4.78, 5) is 0. The Morgan fingerprint density at radius 1 is 1.09 bits per heavy atom. The molecule has 2 nitrogen and oxygen atoms in total.